The molecular formula is C21H22F3N5O. The van der Waals surface area contributed by atoms with E-state index in [1.54, 1.807) is 12.3 Å². The number of para-hydroxylation sites is 1. The highest BCUT2D eigenvalue weighted by Gasteiger charge is 2.34. The molecule has 0 spiro atoms. The van der Waals surface area contributed by atoms with Gasteiger partial charge in [0.2, 0.25) is 0 Å². The molecular weight excluding hydrogens is 395 g/mol. The van der Waals surface area contributed by atoms with E-state index in [1.165, 1.54) is 35.5 Å². The maximum atomic E-state index is 13.3. The van der Waals surface area contributed by atoms with Gasteiger partial charge >= 0.3 is 6.18 Å². The summed E-state index contributed by atoms with van der Waals surface area (Å²) in [5, 5.41) is 4.12. The third-order valence-corrected chi connectivity index (χ3v) is 5.36. The first-order valence-electron chi connectivity index (χ1n) is 9.82. The van der Waals surface area contributed by atoms with E-state index in [0.717, 1.165) is 31.7 Å². The second-order valence-electron chi connectivity index (χ2n) is 7.52. The Hall–Kier alpha value is -2.94. The van der Waals surface area contributed by atoms with Crippen molar-refractivity contribution in [1.82, 2.24) is 19.7 Å². The molecule has 0 radical (unpaired) electrons. The predicted octanol–water partition coefficient (Wildman–Crippen LogP) is 4.24. The van der Waals surface area contributed by atoms with E-state index < -0.39 is 11.7 Å². The normalized spacial score (nSPS) is 19.6. The van der Waals surface area contributed by atoms with E-state index in [2.05, 4.69) is 15.1 Å². The number of rotatable bonds is 5. The number of aromatic nitrogens is 4. The Morgan fingerprint density at radius 2 is 1.87 bits per heavy atom. The Morgan fingerprint density at radius 3 is 2.63 bits per heavy atom. The lowest BCUT2D eigenvalue weighted by molar-refractivity contribution is -0.137. The molecule has 4 rings (SSSR count). The quantitative estimate of drug-likeness (QED) is 0.672. The Kier molecular flexibility index (Phi) is 5.72. The smallest absolute Gasteiger partial charge is 0.418 e. The molecule has 6 nitrogen and oxygen atoms in total. The van der Waals surface area contributed by atoms with Crippen LogP contribution >= 0.6 is 0 Å². The van der Waals surface area contributed by atoms with Crippen molar-refractivity contribution in [3.05, 3.63) is 54.7 Å². The molecule has 30 heavy (non-hydrogen) atoms. The summed E-state index contributed by atoms with van der Waals surface area (Å²) in [6.45, 7) is 0.526. The van der Waals surface area contributed by atoms with Gasteiger partial charge in [0, 0.05) is 17.8 Å². The van der Waals surface area contributed by atoms with E-state index in [9.17, 15) is 13.2 Å². The second kappa shape index (κ2) is 8.43. The number of ether oxygens (including phenoxy) is 1. The van der Waals surface area contributed by atoms with Gasteiger partial charge in [-0.3, -0.25) is 0 Å². The average molecular weight is 417 g/mol. The van der Waals surface area contributed by atoms with E-state index >= 15 is 0 Å². The molecule has 1 aliphatic carbocycles. The van der Waals surface area contributed by atoms with Gasteiger partial charge in [0.15, 0.2) is 5.75 Å². The zero-order valence-electron chi connectivity index (χ0n) is 16.2. The van der Waals surface area contributed by atoms with Crippen LogP contribution in [0.25, 0.3) is 16.9 Å². The van der Waals surface area contributed by atoms with Crippen LogP contribution in [-0.2, 0) is 6.18 Å². The van der Waals surface area contributed by atoms with Crippen molar-refractivity contribution < 1.29 is 17.9 Å². The molecule has 3 aromatic rings. The zero-order valence-corrected chi connectivity index (χ0v) is 16.2. The summed E-state index contributed by atoms with van der Waals surface area (Å²) in [5.74, 6) is 0.898. The molecule has 0 amide bonds. The lowest BCUT2D eigenvalue weighted by atomic mass is 9.87. The number of nitrogens with zero attached hydrogens (tertiary/aromatic N) is 4. The number of halogens is 3. The lowest BCUT2D eigenvalue weighted by Crippen LogP contribution is -2.28. The fourth-order valence-corrected chi connectivity index (χ4v) is 3.69. The first-order chi connectivity index (χ1) is 14.4. The molecule has 2 heterocycles. The number of benzene rings is 1. The second-order valence-corrected chi connectivity index (χ2v) is 7.52. The molecule has 9 heteroatoms. The summed E-state index contributed by atoms with van der Waals surface area (Å²) in [6, 6.07) is 5.57. The summed E-state index contributed by atoms with van der Waals surface area (Å²) >= 11 is 0. The first kappa shape index (κ1) is 20.3. The Balaban J connectivity index is 1.56. The maximum absolute atomic E-state index is 13.3. The van der Waals surface area contributed by atoms with Crippen LogP contribution in [0, 0.1) is 5.92 Å². The van der Waals surface area contributed by atoms with Crippen LogP contribution < -0.4 is 10.5 Å². The highest BCUT2D eigenvalue weighted by Crippen LogP contribution is 2.35. The van der Waals surface area contributed by atoms with Crippen LogP contribution in [0.15, 0.2) is 49.2 Å². The van der Waals surface area contributed by atoms with Gasteiger partial charge in [-0.15, -0.1) is 0 Å². The number of alkyl halides is 3. The molecule has 2 N–H and O–H groups in total. The van der Waals surface area contributed by atoms with E-state index in [1.807, 2.05) is 0 Å². The average Bonchev–Trinajstić information content (AvgIpc) is 3.23. The number of hydrogen-bond acceptors (Lipinski definition) is 5. The molecule has 0 unspecified atom stereocenters. The molecule has 0 saturated heterocycles. The third-order valence-electron chi connectivity index (χ3n) is 5.36. The molecule has 0 aliphatic heterocycles. The van der Waals surface area contributed by atoms with Crippen molar-refractivity contribution in [3.8, 4) is 22.7 Å². The van der Waals surface area contributed by atoms with E-state index in [-0.39, 0.29) is 11.7 Å². The highest BCUT2D eigenvalue weighted by molar-refractivity contribution is 5.64. The van der Waals surface area contributed by atoms with Crippen LogP contribution in [0.5, 0.6) is 5.75 Å². The monoisotopic (exact) mass is 417 g/mol. The van der Waals surface area contributed by atoms with Crippen molar-refractivity contribution in [2.45, 2.75) is 37.9 Å². The molecule has 158 valence electrons. The molecule has 0 bridgehead atoms. The number of nitrogens with two attached hydrogens (primary N) is 1. The number of hydrogen-bond donors (Lipinski definition) is 1. The predicted molar refractivity (Wildman–Crippen MR) is 105 cm³/mol. The topological polar surface area (TPSA) is 78.8 Å². The van der Waals surface area contributed by atoms with E-state index in [4.69, 9.17) is 10.5 Å². The van der Waals surface area contributed by atoms with Crippen LogP contribution in [-0.4, -0.2) is 32.4 Å². The molecule has 1 fully saturated rings. The Morgan fingerprint density at radius 1 is 1.10 bits per heavy atom. The van der Waals surface area contributed by atoms with Crippen LogP contribution in [0.3, 0.4) is 0 Å². The van der Waals surface area contributed by atoms with Crippen molar-refractivity contribution in [1.29, 1.82) is 0 Å². The summed E-state index contributed by atoms with van der Waals surface area (Å²) in [5.41, 5.74) is 6.19. The van der Waals surface area contributed by atoms with Crippen LogP contribution in [0.4, 0.5) is 13.2 Å². The molecule has 1 saturated carbocycles. The van der Waals surface area contributed by atoms with E-state index in [0.29, 0.717) is 29.5 Å². The van der Waals surface area contributed by atoms with Crippen molar-refractivity contribution in [2.24, 2.45) is 11.7 Å². The fraction of sp³-hybridized carbons (Fsp3) is 0.381. The molecule has 2 aromatic heterocycles. The van der Waals surface area contributed by atoms with Crippen LogP contribution in [0.1, 0.15) is 31.2 Å². The van der Waals surface area contributed by atoms with Crippen molar-refractivity contribution in [2.75, 3.05) is 6.61 Å². The molecule has 0 atom stereocenters. The summed E-state index contributed by atoms with van der Waals surface area (Å²) in [6.07, 6.45) is 5.44. The summed E-state index contributed by atoms with van der Waals surface area (Å²) < 4.78 is 47.2. The highest BCUT2D eigenvalue weighted by atomic mass is 19.4. The van der Waals surface area contributed by atoms with Crippen LogP contribution in [0.2, 0.25) is 0 Å². The maximum Gasteiger partial charge on any atom is 0.418 e. The molecule has 1 aliphatic rings. The SMILES string of the molecule is N[C@H]1CC[C@@H](COc2cncnc2-c2cnn(-c3ccccc3C(F)(F)F)c2)CC1. The first-order valence-corrected chi connectivity index (χ1v) is 9.82. The lowest BCUT2D eigenvalue weighted by Gasteiger charge is -2.26. The Labute approximate surface area is 171 Å². The largest absolute Gasteiger partial charge is 0.489 e. The van der Waals surface area contributed by atoms with Gasteiger partial charge in [-0.05, 0) is 43.7 Å². The van der Waals surface area contributed by atoms with Gasteiger partial charge in [-0.1, -0.05) is 12.1 Å². The minimum Gasteiger partial charge on any atom is -0.489 e. The standard InChI is InChI=1S/C21H22F3N5O/c22-21(23,24)17-3-1-2-4-18(17)29-11-15(9-28-29)20-19(10-26-13-27-20)30-12-14-5-7-16(25)8-6-14/h1-4,9-11,13-14,16H,5-8,12,25H2/t14-,16+. The van der Waals surface area contributed by atoms with Gasteiger partial charge in [0.05, 0.1) is 30.3 Å². The third kappa shape index (κ3) is 4.46. The Bertz CT molecular complexity index is 996. The van der Waals surface area contributed by atoms with Gasteiger partial charge in [-0.25, -0.2) is 14.6 Å². The fourth-order valence-electron chi connectivity index (χ4n) is 3.69. The summed E-state index contributed by atoms with van der Waals surface area (Å²) in [4.78, 5) is 8.30. The zero-order chi connectivity index (χ0) is 21.1. The van der Waals surface area contributed by atoms with Crippen molar-refractivity contribution >= 4 is 0 Å². The van der Waals surface area contributed by atoms with Gasteiger partial charge in [0.25, 0.3) is 0 Å². The minimum atomic E-state index is -4.48. The minimum absolute atomic E-state index is 0.0497. The molecule has 1 aromatic carbocycles. The van der Waals surface area contributed by atoms with Gasteiger partial charge < -0.3 is 10.5 Å². The van der Waals surface area contributed by atoms with Gasteiger partial charge in [0.1, 0.15) is 12.0 Å². The van der Waals surface area contributed by atoms with Gasteiger partial charge in [-0.2, -0.15) is 18.3 Å². The summed E-state index contributed by atoms with van der Waals surface area (Å²) in [7, 11) is 0. The van der Waals surface area contributed by atoms with Crippen molar-refractivity contribution in [3.63, 3.8) is 0 Å².